The summed E-state index contributed by atoms with van der Waals surface area (Å²) >= 11 is 0. The van der Waals surface area contributed by atoms with Crippen molar-refractivity contribution < 1.29 is 18.0 Å². The van der Waals surface area contributed by atoms with E-state index >= 15 is 0 Å². The predicted octanol–water partition coefficient (Wildman–Crippen LogP) is 2.40. The molecule has 3 heterocycles. The molecule has 2 aliphatic rings. The van der Waals surface area contributed by atoms with E-state index in [4.69, 9.17) is 4.42 Å². The maximum absolute atomic E-state index is 13.4. The van der Waals surface area contributed by atoms with E-state index < -0.39 is 11.3 Å². The Labute approximate surface area is 160 Å². The van der Waals surface area contributed by atoms with Crippen LogP contribution in [0.4, 0.5) is 14.5 Å². The summed E-state index contributed by atoms with van der Waals surface area (Å²) < 4.78 is 34.2. The number of anilines is 1. The van der Waals surface area contributed by atoms with Crippen molar-refractivity contribution in [2.24, 2.45) is 7.05 Å². The van der Waals surface area contributed by atoms with Crippen molar-refractivity contribution >= 4 is 11.6 Å². The first-order valence-corrected chi connectivity index (χ1v) is 9.27. The molecular formula is C18H22F2N6O2. The molecule has 2 aromatic rings. The summed E-state index contributed by atoms with van der Waals surface area (Å²) in [6, 6.07) is -0.0786. The van der Waals surface area contributed by atoms with Gasteiger partial charge in [0.1, 0.15) is 5.41 Å². The smallest absolute Gasteiger partial charge is 0.270 e. The molecule has 1 saturated carbocycles. The number of aryl methyl sites for hydroxylation is 1. The van der Waals surface area contributed by atoms with Crippen LogP contribution >= 0.6 is 0 Å². The average Bonchev–Trinajstić information content (AvgIpc) is 3.36. The van der Waals surface area contributed by atoms with Gasteiger partial charge in [0.25, 0.3) is 5.89 Å². The van der Waals surface area contributed by atoms with Gasteiger partial charge in [-0.2, -0.15) is 5.10 Å². The summed E-state index contributed by atoms with van der Waals surface area (Å²) in [6.07, 6.45) is 4.22. The Morgan fingerprint density at radius 3 is 2.75 bits per heavy atom. The lowest BCUT2D eigenvalue weighted by Crippen LogP contribution is -2.33. The van der Waals surface area contributed by atoms with Crippen molar-refractivity contribution in [3.8, 4) is 11.6 Å². The maximum Gasteiger partial charge on any atom is 0.270 e. The molecule has 0 radical (unpaired) electrons. The van der Waals surface area contributed by atoms with Crippen LogP contribution in [0.25, 0.3) is 11.6 Å². The van der Waals surface area contributed by atoms with Crippen LogP contribution in [0.1, 0.15) is 38.0 Å². The first-order valence-electron chi connectivity index (χ1n) is 9.27. The molecule has 8 nitrogen and oxygen atoms in total. The van der Waals surface area contributed by atoms with E-state index in [1.165, 1.54) is 6.08 Å². The third-order valence-corrected chi connectivity index (χ3v) is 5.47. The average molecular weight is 392 g/mol. The third-order valence-electron chi connectivity index (χ3n) is 5.47. The number of nitrogens with zero attached hydrogens (tertiary/aromatic N) is 4. The van der Waals surface area contributed by atoms with Crippen molar-refractivity contribution in [3.05, 3.63) is 24.7 Å². The molecule has 150 valence electrons. The van der Waals surface area contributed by atoms with Gasteiger partial charge < -0.3 is 15.1 Å². The van der Waals surface area contributed by atoms with Gasteiger partial charge in [-0.25, -0.2) is 8.78 Å². The highest BCUT2D eigenvalue weighted by Gasteiger charge is 2.46. The molecule has 2 aromatic heterocycles. The zero-order valence-electron chi connectivity index (χ0n) is 15.5. The minimum Gasteiger partial charge on any atom is -0.418 e. The Balaban J connectivity index is 1.58. The van der Waals surface area contributed by atoms with Crippen molar-refractivity contribution in [1.82, 2.24) is 25.3 Å². The van der Waals surface area contributed by atoms with Crippen LogP contribution in [0.2, 0.25) is 0 Å². The fourth-order valence-corrected chi connectivity index (χ4v) is 3.79. The Kier molecular flexibility index (Phi) is 4.43. The molecule has 1 unspecified atom stereocenters. The van der Waals surface area contributed by atoms with E-state index in [1.807, 2.05) is 0 Å². The van der Waals surface area contributed by atoms with E-state index in [0.717, 1.165) is 0 Å². The van der Waals surface area contributed by atoms with Gasteiger partial charge in [-0.05, 0) is 19.3 Å². The summed E-state index contributed by atoms with van der Waals surface area (Å²) in [7, 11) is 1.75. The lowest BCUT2D eigenvalue weighted by Gasteiger charge is -2.29. The second-order valence-electron chi connectivity index (χ2n) is 7.43. The van der Waals surface area contributed by atoms with E-state index in [0.29, 0.717) is 37.2 Å². The molecule has 2 N–H and O–H groups in total. The molecule has 0 spiro atoms. The first kappa shape index (κ1) is 18.6. The minimum atomic E-state index is -2.59. The van der Waals surface area contributed by atoms with Gasteiger partial charge in [0.2, 0.25) is 17.7 Å². The van der Waals surface area contributed by atoms with Crippen molar-refractivity contribution in [2.75, 3.05) is 11.9 Å². The van der Waals surface area contributed by atoms with Crippen LogP contribution in [0.3, 0.4) is 0 Å². The zero-order valence-corrected chi connectivity index (χ0v) is 15.5. The van der Waals surface area contributed by atoms with Crippen LogP contribution in [0.5, 0.6) is 0 Å². The Hall–Kier alpha value is -2.78. The number of hydrogen-bond donors (Lipinski definition) is 2. The molecule has 1 saturated heterocycles. The van der Waals surface area contributed by atoms with Gasteiger partial charge in [-0.15, -0.1) is 16.8 Å². The van der Waals surface area contributed by atoms with Gasteiger partial charge in [0.15, 0.2) is 5.69 Å². The van der Waals surface area contributed by atoms with Crippen molar-refractivity contribution in [1.29, 1.82) is 0 Å². The number of hydrogen-bond acceptors (Lipinski definition) is 6. The molecule has 1 amide bonds. The number of nitrogens with one attached hydrogen (secondary N) is 2. The normalized spacial score (nSPS) is 24.9. The van der Waals surface area contributed by atoms with Crippen LogP contribution in [-0.4, -0.2) is 44.4 Å². The van der Waals surface area contributed by atoms with E-state index in [2.05, 4.69) is 32.5 Å². The predicted molar refractivity (Wildman–Crippen MR) is 96.8 cm³/mol. The van der Waals surface area contributed by atoms with E-state index in [9.17, 15) is 13.6 Å². The quantitative estimate of drug-likeness (QED) is 0.759. The summed E-state index contributed by atoms with van der Waals surface area (Å²) in [4.78, 5) is 12.3. The highest BCUT2D eigenvalue weighted by molar-refractivity contribution is 5.91. The van der Waals surface area contributed by atoms with Crippen LogP contribution in [0.15, 0.2) is 23.3 Å². The molecule has 28 heavy (non-hydrogen) atoms. The van der Waals surface area contributed by atoms with Gasteiger partial charge in [-0.1, -0.05) is 6.08 Å². The Morgan fingerprint density at radius 1 is 1.36 bits per heavy atom. The Morgan fingerprint density at radius 2 is 2.11 bits per heavy atom. The fraction of sp³-hybridized carbons (Fsp3) is 0.556. The van der Waals surface area contributed by atoms with Gasteiger partial charge in [0, 0.05) is 38.7 Å². The first-order chi connectivity index (χ1) is 13.3. The summed E-state index contributed by atoms with van der Waals surface area (Å²) in [5.41, 5.74) is 0.0235. The lowest BCUT2D eigenvalue weighted by atomic mass is 9.86. The standard InChI is InChI=1S/C18H22F2N6O2/c1-3-17(8-9-21-15(17)27)16-24-23-14(28-16)13-12(10-26(2)25-13)22-11-4-6-18(19,20)7-5-11/h3,10-11,22H,1,4-9H2,2H3,(H,21,27). The van der Waals surface area contributed by atoms with Crippen LogP contribution < -0.4 is 10.6 Å². The van der Waals surface area contributed by atoms with Gasteiger partial charge in [0.05, 0.1) is 5.69 Å². The zero-order chi connectivity index (χ0) is 19.9. The van der Waals surface area contributed by atoms with Crippen molar-refractivity contribution in [3.63, 3.8) is 0 Å². The molecule has 2 fully saturated rings. The third kappa shape index (κ3) is 3.16. The lowest BCUT2D eigenvalue weighted by molar-refractivity contribution is -0.123. The Bertz CT molecular complexity index is 898. The monoisotopic (exact) mass is 392 g/mol. The number of rotatable bonds is 5. The topological polar surface area (TPSA) is 97.9 Å². The molecule has 10 heteroatoms. The largest absolute Gasteiger partial charge is 0.418 e. The minimum absolute atomic E-state index is 0.0786. The number of aromatic nitrogens is 4. The second kappa shape index (κ2) is 6.68. The number of carbonyl (C=O) groups excluding carboxylic acids is 1. The fourth-order valence-electron chi connectivity index (χ4n) is 3.79. The molecule has 4 rings (SSSR count). The number of amides is 1. The molecule has 0 aromatic carbocycles. The van der Waals surface area contributed by atoms with Crippen LogP contribution in [-0.2, 0) is 17.3 Å². The molecule has 1 aliphatic carbocycles. The summed E-state index contributed by atoms with van der Waals surface area (Å²) in [5.74, 6) is -2.47. The molecule has 0 bridgehead atoms. The number of halogens is 2. The summed E-state index contributed by atoms with van der Waals surface area (Å²) in [6.45, 7) is 4.26. The maximum atomic E-state index is 13.4. The summed E-state index contributed by atoms with van der Waals surface area (Å²) in [5, 5.41) is 18.5. The highest BCUT2D eigenvalue weighted by Crippen LogP contribution is 2.37. The molecule has 1 atom stereocenters. The molecular weight excluding hydrogens is 370 g/mol. The van der Waals surface area contributed by atoms with E-state index in [-0.39, 0.29) is 36.6 Å². The van der Waals surface area contributed by atoms with Gasteiger partial charge >= 0.3 is 0 Å². The molecule has 1 aliphatic heterocycles. The highest BCUT2D eigenvalue weighted by atomic mass is 19.3. The van der Waals surface area contributed by atoms with Crippen LogP contribution in [0, 0.1) is 0 Å². The van der Waals surface area contributed by atoms with E-state index in [1.54, 1.807) is 17.9 Å². The SMILES string of the molecule is C=CC1(c2nnc(-c3nn(C)cc3NC3CCC(F)(F)CC3)o2)CCNC1=O. The number of carbonyl (C=O) groups is 1. The van der Waals surface area contributed by atoms with Crippen molar-refractivity contribution in [2.45, 2.75) is 49.5 Å². The number of alkyl halides is 2. The van der Waals surface area contributed by atoms with Gasteiger partial charge in [-0.3, -0.25) is 9.48 Å². The second-order valence-corrected chi connectivity index (χ2v) is 7.43.